The van der Waals surface area contributed by atoms with E-state index in [0.29, 0.717) is 22.2 Å². The summed E-state index contributed by atoms with van der Waals surface area (Å²) in [6, 6.07) is 20.1. The predicted molar refractivity (Wildman–Crippen MR) is 132 cm³/mol. The molecule has 0 radical (unpaired) electrons. The van der Waals surface area contributed by atoms with Crippen LogP contribution >= 0.6 is 11.8 Å². The van der Waals surface area contributed by atoms with Gasteiger partial charge in [-0.15, -0.1) is 5.10 Å². The van der Waals surface area contributed by atoms with Crippen molar-refractivity contribution in [3.63, 3.8) is 0 Å². The third kappa shape index (κ3) is 7.08. The summed E-state index contributed by atoms with van der Waals surface area (Å²) in [7, 11) is 1.55. The Morgan fingerprint density at radius 3 is 2.64 bits per heavy atom. The Balaban J connectivity index is 1.68. The van der Waals surface area contributed by atoms with Crippen molar-refractivity contribution < 1.29 is 14.4 Å². The Morgan fingerprint density at radius 2 is 1.91 bits per heavy atom. The van der Waals surface area contributed by atoms with Gasteiger partial charge in [0.15, 0.2) is 10.9 Å². The average Bonchev–Trinajstić information content (AvgIpc) is 2.82. The van der Waals surface area contributed by atoms with E-state index in [-0.39, 0.29) is 18.0 Å². The summed E-state index contributed by atoms with van der Waals surface area (Å²) in [5.74, 6) is 1.51. The Kier molecular flexibility index (Phi) is 8.43. The molecule has 0 bridgehead atoms. The first-order valence-electron chi connectivity index (χ1n) is 10.0. The first-order chi connectivity index (χ1) is 16.0. The van der Waals surface area contributed by atoms with Gasteiger partial charge in [-0.2, -0.15) is 5.10 Å². The second kappa shape index (κ2) is 11.7. The lowest BCUT2D eigenvalue weighted by molar-refractivity contribution is -0.386. The zero-order chi connectivity index (χ0) is 23.6. The van der Waals surface area contributed by atoms with Gasteiger partial charge in [-0.1, -0.05) is 48.2 Å². The second-order valence-electron chi connectivity index (χ2n) is 7.05. The molecule has 0 aliphatic heterocycles. The van der Waals surface area contributed by atoms with Crippen LogP contribution < -0.4 is 15.2 Å². The molecule has 0 amide bonds. The highest BCUT2D eigenvalue weighted by Crippen LogP contribution is 2.30. The number of benzene rings is 3. The lowest BCUT2D eigenvalue weighted by Gasteiger charge is -2.11. The van der Waals surface area contributed by atoms with Crippen molar-refractivity contribution in [2.75, 3.05) is 7.11 Å². The molecule has 0 spiro atoms. The van der Waals surface area contributed by atoms with Crippen LogP contribution in [0.2, 0.25) is 0 Å². The van der Waals surface area contributed by atoms with E-state index >= 15 is 0 Å². The van der Waals surface area contributed by atoms with E-state index in [4.69, 9.17) is 15.2 Å². The smallest absolute Gasteiger partial charge is 0.310 e. The van der Waals surface area contributed by atoms with E-state index in [9.17, 15) is 10.1 Å². The van der Waals surface area contributed by atoms with Gasteiger partial charge in [0.1, 0.15) is 12.4 Å². The molecule has 0 saturated carbocycles. The quantitative estimate of drug-likeness (QED) is 0.205. The van der Waals surface area contributed by atoms with E-state index in [0.717, 1.165) is 16.7 Å². The summed E-state index contributed by atoms with van der Waals surface area (Å²) in [6.45, 7) is 1.94. The number of thioether (sulfide) groups is 1. The van der Waals surface area contributed by atoms with Crippen LogP contribution in [0.5, 0.6) is 11.5 Å². The summed E-state index contributed by atoms with van der Waals surface area (Å²) in [5, 5.41) is 19.7. The average molecular weight is 465 g/mol. The number of amidine groups is 1. The number of hydrogen-bond donors (Lipinski definition) is 1. The van der Waals surface area contributed by atoms with Crippen LogP contribution in [0.15, 0.2) is 76.9 Å². The number of nitro benzene ring substituents is 1. The van der Waals surface area contributed by atoms with Crippen LogP contribution in [0, 0.1) is 17.0 Å². The van der Waals surface area contributed by atoms with Gasteiger partial charge in [-0.25, -0.2) is 0 Å². The van der Waals surface area contributed by atoms with E-state index in [2.05, 4.69) is 10.2 Å². The van der Waals surface area contributed by atoms with E-state index < -0.39 is 4.92 Å². The monoisotopic (exact) mass is 464 g/mol. The SMILES string of the molecule is COc1ccc(C=NN=C(N)SCc2ccccc2)cc1COc1cc(C)ccc1[N+](=O)[O-]. The van der Waals surface area contributed by atoms with Gasteiger partial charge in [0.2, 0.25) is 0 Å². The third-order valence-corrected chi connectivity index (χ3v) is 5.45. The van der Waals surface area contributed by atoms with Crippen molar-refractivity contribution in [3.8, 4) is 11.5 Å². The molecule has 0 heterocycles. The minimum Gasteiger partial charge on any atom is -0.496 e. The minimum absolute atomic E-state index is 0.0879. The van der Waals surface area contributed by atoms with Crippen molar-refractivity contribution in [2.24, 2.45) is 15.9 Å². The Hall–Kier alpha value is -3.85. The number of nitrogens with zero attached hydrogens (tertiary/aromatic N) is 3. The van der Waals surface area contributed by atoms with Crippen LogP contribution in [-0.2, 0) is 12.4 Å². The minimum atomic E-state index is -0.465. The van der Waals surface area contributed by atoms with Gasteiger partial charge >= 0.3 is 5.69 Å². The van der Waals surface area contributed by atoms with E-state index in [1.165, 1.54) is 17.8 Å². The first-order valence-corrected chi connectivity index (χ1v) is 11.0. The fourth-order valence-corrected chi connectivity index (χ4v) is 3.56. The number of aryl methyl sites for hydroxylation is 1. The Labute approximate surface area is 196 Å². The normalized spacial score (nSPS) is 11.5. The largest absolute Gasteiger partial charge is 0.496 e. The van der Waals surface area contributed by atoms with Crippen LogP contribution in [-0.4, -0.2) is 23.4 Å². The standard InChI is InChI=1S/C24H24N4O4S/c1-17-8-10-21(28(29)30)23(12-17)32-15-20-13-19(9-11-22(20)31-2)14-26-27-24(25)33-16-18-6-4-3-5-7-18/h3-14H,15-16H2,1-2H3,(H2,25,27). The maximum Gasteiger partial charge on any atom is 0.310 e. The van der Waals surface area contributed by atoms with Crippen molar-refractivity contribution in [1.82, 2.24) is 0 Å². The highest BCUT2D eigenvalue weighted by Gasteiger charge is 2.16. The van der Waals surface area contributed by atoms with Crippen molar-refractivity contribution in [3.05, 3.63) is 99.1 Å². The molecule has 3 aromatic carbocycles. The van der Waals surface area contributed by atoms with Crippen molar-refractivity contribution in [1.29, 1.82) is 0 Å². The van der Waals surface area contributed by atoms with Gasteiger partial charge < -0.3 is 15.2 Å². The highest BCUT2D eigenvalue weighted by molar-refractivity contribution is 8.13. The molecule has 0 atom stereocenters. The van der Waals surface area contributed by atoms with Crippen LogP contribution in [0.25, 0.3) is 0 Å². The van der Waals surface area contributed by atoms with Gasteiger partial charge in [-0.05, 0) is 47.9 Å². The fourth-order valence-electron chi connectivity index (χ4n) is 2.95. The molecule has 8 nitrogen and oxygen atoms in total. The summed E-state index contributed by atoms with van der Waals surface area (Å²) in [4.78, 5) is 10.8. The number of hydrogen-bond acceptors (Lipinski definition) is 7. The number of nitrogens with two attached hydrogens (primary N) is 1. The number of nitro groups is 1. The number of methoxy groups -OCH3 is 1. The number of rotatable bonds is 9. The molecule has 0 aliphatic carbocycles. The molecule has 0 fully saturated rings. The zero-order valence-electron chi connectivity index (χ0n) is 18.3. The highest BCUT2D eigenvalue weighted by atomic mass is 32.2. The van der Waals surface area contributed by atoms with Crippen LogP contribution in [0.1, 0.15) is 22.3 Å². The van der Waals surface area contributed by atoms with E-state index in [1.54, 1.807) is 31.5 Å². The molecule has 33 heavy (non-hydrogen) atoms. The molecule has 0 unspecified atom stereocenters. The van der Waals surface area contributed by atoms with Crippen LogP contribution in [0.4, 0.5) is 5.69 Å². The molecule has 0 aromatic heterocycles. The molecule has 0 saturated heterocycles. The van der Waals surface area contributed by atoms with Crippen molar-refractivity contribution >= 4 is 28.8 Å². The second-order valence-corrected chi connectivity index (χ2v) is 8.04. The predicted octanol–water partition coefficient (Wildman–Crippen LogP) is 5.07. The zero-order valence-corrected chi connectivity index (χ0v) is 19.1. The van der Waals surface area contributed by atoms with Gasteiger partial charge in [0, 0.05) is 17.4 Å². The van der Waals surface area contributed by atoms with Crippen LogP contribution in [0.3, 0.4) is 0 Å². The molecular formula is C24H24N4O4S. The maximum atomic E-state index is 11.3. The lowest BCUT2D eigenvalue weighted by atomic mass is 10.1. The van der Waals surface area contributed by atoms with Gasteiger partial charge in [0.05, 0.1) is 18.2 Å². The Morgan fingerprint density at radius 1 is 1.12 bits per heavy atom. The lowest BCUT2D eigenvalue weighted by Crippen LogP contribution is -2.06. The molecule has 3 rings (SSSR count). The Bertz CT molecular complexity index is 1170. The maximum absolute atomic E-state index is 11.3. The summed E-state index contributed by atoms with van der Waals surface area (Å²) in [6.07, 6.45) is 1.58. The third-order valence-electron chi connectivity index (χ3n) is 4.59. The molecule has 170 valence electrons. The van der Waals surface area contributed by atoms with E-state index in [1.807, 2.05) is 49.4 Å². The summed E-state index contributed by atoms with van der Waals surface area (Å²) in [5.41, 5.74) is 9.33. The summed E-state index contributed by atoms with van der Waals surface area (Å²) < 4.78 is 11.2. The molecule has 0 aliphatic rings. The molecule has 2 N–H and O–H groups in total. The van der Waals surface area contributed by atoms with Gasteiger partial charge in [0.25, 0.3) is 0 Å². The summed E-state index contributed by atoms with van der Waals surface area (Å²) >= 11 is 1.40. The van der Waals surface area contributed by atoms with Crippen molar-refractivity contribution in [2.45, 2.75) is 19.3 Å². The van der Waals surface area contributed by atoms with Gasteiger partial charge in [-0.3, -0.25) is 10.1 Å². The molecular weight excluding hydrogens is 440 g/mol. The topological polar surface area (TPSA) is 112 Å². The molecule has 9 heteroatoms. The number of ether oxygens (including phenoxy) is 2. The fraction of sp³-hybridized carbons (Fsp3) is 0.167. The first kappa shape index (κ1) is 23.8. The molecule has 3 aromatic rings.